The molecule has 0 unspecified atom stereocenters. The van der Waals surface area contributed by atoms with Crippen LogP contribution in [0.4, 0.5) is 0 Å². The van der Waals surface area contributed by atoms with Crippen LogP contribution in [0.15, 0.2) is 54.6 Å². The molecule has 0 aliphatic carbocycles. The zero-order chi connectivity index (χ0) is 13.9. The van der Waals surface area contributed by atoms with Crippen LogP contribution in [0.1, 0.15) is 15.9 Å². The minimum atomic E-state index is -4.55. The third-order valence-electron chi connectivity index (χ3n) is 2.35. The van der Waals surface area contributed by atoms with Crippen LogP contribution >= 0.6 is 0 Å². The highest BCUT2D eigenvalue weighted by Crippen LogP contribution is 2.16. The lowest BCUT2D eigenvalue weighted by Crippen LogP contribution is -2.07. The van der Waals surface area contributed by atoms with Crippen LogP contribution in [-0.4, -0.2) is 18.8 Å². The fraction of sp³-hybridized carbons (Fsp3) is 0. The van der Waals surface area contributed by atoms with Gasteiger partial charge in [0.15, 0.2) is 5.78 Å². The molecule has 0 amide bonds. The molecule has 2 aromatic rings. The molecule has 0 bridgehead atoms. The van der Waals surface area contributed by atoms with Gasteiger partial charge in [-0.15, -0.1) is 0 Å². The minimum absolute atomic E-state index is 0.0629. The van der Waals surface area contributed by atoms with Crippen molar-refractivity contribution in [3.63, 3.8) is 0 Å². The average molecular weight is 278 g/mol. The van der Waals surface area contributed by atoms with Crippen LogP contribution in [0.5, 0.6) is 5.75 Å². The van der Waals surface area contributed by atoms with Crippen LogP contribution in [0.2, 0.25) is 0 Å². The smallest absolute Gasteiger partial charge is 0.362 e. The molecule has 0 radical (unpaired) electrons. The second-order valence-corrected chi connectivity index (χ2v) is 4.75. The molecule has 0 spiro atoms. The molecule has 2 rings (SSSR count). The first-order chi connectivity index (χ1) is 8.96. The van der Waals surface area contributed by atoms with Crippen molar-refractivity contribution in [1.29, 1.82) is 0 Å². The number of carbonyl (C=O) groups excluding carboxylic acids is 1. The largest absolute Gasteiger partial charge is 0.446 e. The van der Waals surface area contributed by atoms with Crippen molar-refractivity contribution in [2.75, 3.05) is 0 Å². The molecule has 5 nitrogen and oxygen atoms in total. The van der Waals surface area contributed by atoms with Crippen molar-refractivity contribution < 1.29 is 21.9 Å². The summed E-state index contributed by atoms with van der Waals surface area (Å²) in [7, 11) is -4.55. The lowest BCUT2D eigenvalue weighted by Gasteiger charge is -2.03. The Morgan fingerprint density at radius 3 is 1.95 bits per heavy atom. The van der Waals surface area contributed by atoms with Crippen LogP contribution < -0.4 is 4.18 Å². The van der Waals surface area contributed by atoms with Crippen LogP contribution in [0.25, 0.3) is 0 Å². The highest BCUT2D eigenvalue weighted by Gasteiger charge is 2.10. The number of hydrogen-bond donors (Lipinski definition) is 1. The Balaban J connectivity index is 2.22. The van der Waals surface area contributed by atoms with Gasteiger partial charge < -0.3 is 4.18 Å². The molecule has 0 fully saturated rings. The van der Waals surface area contributed by atoms with Gasteiger partial charge in [0.05, 0.1) is 0 Å². The summed E-state index contributed by atoms with van der Waals surface area (Å²) in [6.07, 6.45) is 0. The number of rotatable bonds is 4. The van der Waals surface area contributed by atoms with Gasteiger partial charge in [0.25, 0.3) is 0 Å². The van der Waals surface area contributed by atoms with E-state index in [1.807, 2.05) is 0 Å². The lowest BCUT2D eigenvalue weighted by molar-refractivity contribution is 0.103. The molecular weight excluding hydrogens is 268 g/mol. The van der Waals surface area contributed by atoms with Gasteiger partial charge in [-0.2, -0.15) is 8.42 Å². The molecule has 0 heterocycles. The van der Waals surface area contributed by atoms with E-state index in [1.54, 1.807) is 30.3 Å². The standard InChI is InChI=1S/C13H10O5S/c14-13(10-4-2-1-3-5-10)11-6-8-12(9-7-11)18-19(15,16)17/h1-9H,(H,15,16,17). The maximum absolute atomic E-state index is 12.0. The Morgan fingerprint density at radius 2 is 1.42 bits per heavy atom. The Kier molecular flexibility index (Phi) is 3.64. The minimum Gasteiger partial charge on any atom is -0.362 e. The number of hydrogen-bond acceptors (Lipinski definition) is 4. The predicted molar refractivity (Wildman–Crippen MR) is 68.5 cm³/mol. The molecule has 0 atom stereocenters. The van der Waals surface area contributed by atoms with Crippen LogP contribution in [0.3, 0.4) is 0 Å². The second kappa shape index (κ2) is 5.21. The highest BCUT2D eigenvalue weighted by atomic mass is 32.3. The van der Waals surface area contributed by atoms with Gasteiger partial charge in [0.2, 0.25) is 0 Å². The van der Waals surface area contributed by atoms with Gasteiger partial charge >= 0.3 is 10.4 Å². The molecule has 0 aliphatic heterocycles. The normalized spacial score (nSPS) is 11.0. The van der Waals surface area contributed by atoms with E-state index in [4.69, 9.17) is 4.55 Å². The molecule has 0 aromatic heterocycles. The summed E-state index contributed by atoms with van der Waals surface area (Å²) in [4.78, 5) is 12.0. The highest BCUT2D eigenvalue weighted by molar-refractivity contribution is 7.81. The maximum atomic E-state index is 12.0. The molecule has 1 N–H and O–H groups in total. The molecule has 0 saturated heterocycles. The molecule has 19 heavy (non-hydrogen) atoms. The predicted octanol–water partition coefficient (Wildman–Crippen LogP) is 2.10. The molecular formula is C13H10O5S. The van der Waals surface area contributed by atoms with Crippen molar-refractivity contribution in [2.45, 2.75) is 0 Å². The monoisotopic (exact) mass is 278 g/mol. The Hall–Kier alpha value is -2.18. The molecule has 6 heteroatoms. The molecule has 2 aromatic carbocycles. The van der Waals surface area contributed by atoms with Gasteiger partial charge in [0, 0.05) is 11.1 Å². The van der Waals surface area contributed by atoms with E-state index in [1.165, 1.54) is 24.3 Å². The summed E-state index contributed by atoms with van der Waals surface area (Å²) in [5, 5.41) is 0. The van der Waals surface area contributed by atoms with Gasteiger partial charge in [0.1, 0.15) is 5.75 Å². The molecule has 0 aliphatic rings. The summed E-state index contributed by atoms with van der Waals surface area (Å²) < 4.78 is 33.8. The topological polar surface area (TPSA) is 80.7 Å². The first kappa shape index (κ1) is 13.3. The quantitative estimate of drug-likeness (QED) is 0.684. The van der Waals surface area contributed by atoms with E-state index in [0.29, 0.717) is 11.1 Å². The number of carbonyl (C=O) groups is 1. The van der Waals surface area contributed by atoms with Gasteiger partial charge in [-0.1, -0.05) is 30.3 Å². The number of benzene rings is 2. The van der Waals surface area contributed by atoms with Gasteiger partial charge in [-0.3, -0.25) is 9.35 Å². The second-order valence-electron chi connectivity index (χ2n) is 3.73. The average Bonchev–Trinajstić information content (AvgIpc) is 2.38. The van der Waals surface area contributed by atoms with Crippen molar-refractivity contribution in [3.8, 4) is 5.75 Å². The fourth-order valence-electron chi connectivity index (χ4n) is 1.54. The molecule has 98 valence electrons. The Labute approximate surface area is 110 Å². The van der Waals surface area contributed by atoms with Gasteiger partial charge in [-0.25, -0.2) is 0 Å². The fourth-order valence-corrected chi connectivity index (χ4v) is 1.89. The van der Waals surface area contributed by atoms with Crippen molar-refractivity contribution in [2.24, 2.45) is 0 Å². The van der Waals surface area contributed by atoms with Crippen LogP contribution in [-0.2, 0) is 10.4 Å². The number of ketones is 1. The van der Waals surface area contributed by atoms with E-state index in [-0.39, 0.29) is 11.5 Å². The molecule has 0 saturated carbocycles. The van der Waals surface area contributed by atoms with E-state index in [9.17, 15) is 13.2 Å². The van der Waals surface area contributed by atoms with E-state index in [0.717, 1.165) is 0 Å². The summed E-state index contributed by atoms with van der Waals surface area (Å²) >= 11 is 0. The summed E-state index contributed by atoms with van der Waals surface area (Å²) in [6.45, 7) is 0. The van der Waals surface area contributed by atoms with Crippen LogP contribution in [0, 0.1) is 0 Å². The lowest BCUT2D eigenvalue weighted by atomic mass is 10.0. The zero-order valence-corrected chi connectivity index (χ0v) is 10.5. The Morgan fingerprint density at radius 1 is 0.895 bits per heavy atom. The first-order valence-electron chi connectivity index (χ1n) is 5.32. The summed E-state index contributed by atoms with van der Waals surface area (Å²) in [5.74, 6) is -0.244. The summed E-state index contributed by atoms with van der Waals surface area (Å²) in [6, 6.07) is 14.1. The van der Waals surface area contributed by atoms with Crippen molar-refractivity contribution in [3.05, 3.63) is 65.7 Å². The van der Waals surface area contributed by atoms with E-state index in [2.05, 4.69) is 4.18 Å². The third kappa shape index (κ3) is 3.64. The van der Waals surface area contributed by atoms with E-state index >= 15 is 0 Å². The maximum Gasteiger partial charge on any atom is 0.446 e. The van der Waals surface area contributed by atoms with Crippen molar-refractivity contribution in [1.82, 2.24) is 0 Å². The zero-order valence-electron chi connectivity index (χ0n) is 9.68. The van der Waals surface area contributed by atoms with Gasteiger partial charge in [-0.05, 0) is 24.3 Å². The third-order valence-corrected chi connectivity index (χ3v) is 2.76. The first-order valence-corrected chi connectivity index (χ1v) is 6.69. The SMILES string of the molecule is O=C(c1ccccc1)c1ccc(OS(=O)(=O)O)cc1. The summed E-state index contributed by atoms with van der Waals surface area (Å²) in [5.41, 5.74) is 0.930. The van der Waals surface area contributed by atoms with E-state index < -0.39 is 10.4 Å². The Bertz CT molecular complexity index is 675. The van der Waals surface area contributed by atoms with Crippen molar-refractivity contribution >= 4 is 16.2 Å².